The summed E-state index contributed by atoms with van der Waals surface area (Å²) in [5, 5.41) is 9.10. The Morgan fingerprint density at radius 1 is 1.21 bits per heavy atom. The fraction of sp³-hybridized carbons (Fsp3) is 0.591. The lowest BCUT2D eigenvalue weighted by Gasteiger charge is -2.30. The summed E-state index contributed by atoms with van der Waals surface area (Å²) in [6.07, 6.45) is 5.05. The van der Waals surface area contributed by atoms with Crippen LogP contribution in [-0.2, 0) is 9.59 Å². The molecule has 152 valence electrons. The van der Waals surface area contributed by atoms with E-state index in [0.717, 1.165) is 31.0 Å². The number of nitrogens with one attached hydrogen (secondary N) is 1. The Morgan fingerprint density at radius 2 is 2.00 bits per heavy atom. The zero-order valence-electron chi connectivity index (χ0n) is 17.1. The van der Waals surface area contributed by atoms with Crippen molar-refractivity contribution in [2.24, 2.45) is 11.0 Å². The minimum atomic E-state index is -0.399. The highest BCUT2D eigenvalue weighted by Crippen LogP contribution is 2.25. The topological polar surface area (TPSA) is 65.0 Å². The Labute approximate surface area is 168 Å². The van der Waals surface area contributed by atoms with Crippen LogP contribution in [0.1, 0.15) is 46.0 Å². The standard InChI is InChI=1S/C22H32N4O2/c1-17-9-8-14-25(16-17)13-7-6-12-23-22(28)20-15-21(18(2)27)26(24-20)19-10-4-3-5-11-19/h3-5,10-11,17,21H,6-9,12-16H2,1-2H3,(H,23,28). The molecule has 1 aromatic rings. The van der Waals surface area contributed by atoms with Gasteiger partial charge in [-0.2, -0.15) is 5.10 Å². The molecule has 3 rings (SSSR count). The number of hydrogen-bond acceptors (Lipinski definition) is 5. The normalized spacial score (nSPS) is 22.8. The van der Waals surface area contributed by atoms with Crippen molar-refractivity contribution < 1.29 is 9.59 Å². The van der Waals surface area contributed by atoms with Gasteiger partial charge in [0.05, 0.1) is 5.69 Å². The van der Waals surface area contributed by atoms with Crippen LogP contribution in [0, 0.1) is 5.92 Å². The third-order valence-electron chi connectivity index (χ3n) is 5.59. The summed E-state index contributed by atoms with van der Waals surface area (Å²) in [6, 6.07) is 9.14. The van der Waals surface area contributed by atoms with E-state index in [1.54, 1.807) is 11.9 Å². The first-order valence-electron chi connectivity index (χ1n) is 10.5. The van der Waals surface area contributed by atoms with Crippen molar-refractivity contribution in [1.82, 2.24) is 10.2 Å². The number of amides is 1. The molecule has 0 radical (unpaired) electrons. The van der Waals surface area contributed by atoms with E-state index < -0.39 is 6.04 Å². The van der Waals surface area contributed by atoms with Crippen LogP contribution in [0.25, 0.3) is 0 Å². The maximum absolute atomic E-state index is 12.5. The fourth-order valence-electron chi connectivity index (χ4n) is 4.04. The lowest BCUT2D eigenvalue weighted by molar-refractivity contribution is -0.118. The van der Waals surface area contributed by atoms with E-state index in [4.69, 9.17) is 0 Å². The van der Waals surface area contributed by atoms with Gasteiger partial charge in [0.15, 0.2) is 5.78 Å². The molecule has 2 heterocycles. The van der Waals surface area contributed by atoms with E-state index in [2.05, 4.69) is 22.2 Å². The van der Waals surface area contributed by atoms with Crippen LogP contribution in [0.15, 0.2) is 35.4 Å². The lowest BCUT2D eigenvalue weighted by Crippen LogP contribution is -2.36. The van der Waals surface area contributed by atoms with Crippen molar-refractivity contribution in [2.75, 3.05) is 31.2 Å². The number of carbonyl (C=O) groups excluding carboxylic acids is 2. The predicted molar refractivity (Wildman–Crippen MR) is 113 cm³/mol. The Bertz CT molecular complexity index is 704. The number of benzene rings is 1. The van der Waals surface area contributed by atoms with Gasteiger partial charge in [0.1, 0.15) is 11.8 Å². The molecule has 2 aliphatic heterocycles. The van der Waals surface area contributed by atoms with Crippen molar-refractivity contribution in [2.45, 2.75) is 52.0 Å². The highest BCUT2D eigenvalue weighted by atomic mass is 16.2. The minimum absolute atomic E-state index is 0.0196. The van der Waals surface area contributed by atoms with Crippen LogP contribution < -0.4 is 10.3 Å². The molecule has 6 nitrogen and oxygen atoms in total. The first kappa shape index (κ1) is 20.5. The van der Waals surface area contributed by atoms with Gasteiger partial charge in [-0.15, -0.1) is 0 Å². The Hall–Kier alpha value is -2.21. The number of likely N-dealkylation sites (tertiary alicyclic amines) is 1. The number of anilines is 1. The number of nitrogens with zero attached hydrogens (tertiary/aromatic N) is 3. The zero-order chi connectivity index (χ0) is 19.9. The van der Waals surface area contributed by atoms with E-state index in [-0.39, 0.29) is 11.7 Å². The van der Waals surface area contributed by atoms with Gasteiger partial charge in [-0.05, 0) is 63.7 Å². The SMILES string of the molecule is CC(=O)C1CC(C(=O)NCCCCN2CCCC(C)C2)=NN1c1ccccc1. The number of hydrazone groups is 1. The summed E-state index contributed by atoms with van der Waals surface area (Å²) in [7, 11) is 0. The van der Waals surface area contributed by atoms with Crippen LogP contribution in [0.5, 0.6) is 0 Å². The molecule has 2 atom stereocenters. The fourth-order valence-corrected chi connectivity index (χ4v) is 4.04. The highest BCUT2D eigenvalue weighted by Gasteiger charge is 2.33. The second-order valence-electron chi connectivity index (χ2n) is 8.07. The first-order valence-corrected chi connectivity index (χ1v) is 10.5. The summed E-state index contributed by atoms with van der Waals surface area (Å²) < 4.78 is 0. The summed E-state index contributed by atoms with van der Waals surface area (Å²) in [5.74, 6) is 0.665. The second-order valence-corrected chi connectivity index (χ2v) is 8.07. The van der Waals surface area contributed by atoms with E-state index in [9.17, 15) is 9.59 Å². The summed E-state index contributed by atoms with van der Waals surface area (Å²) in [4.78, 5) is 27.1. The number of para-hydroxylation sites is 1. The number of carbonyl (C=O) groups is 2. The number of piperidine rings is 1. The average Bonchev–Trinajstić information content (AvgIpc) is 3.14. The third kappa shape index (κ3) is 5.41. The van der Waals surface area contributed by atoms with Gasteiger partial charge < -0.3 is 10.2 Å². The Morgan fingerprint density at radius 3 is 2.71 bits per heavy atom. The lowest BCUT2D eigenvalue weighted by atomic mass is 10.0. The molecule has 0 aliphatic carbocycles. The van der Waals surface area contributed by atoms with Crippen LogP contribution in [-0.4, -0.2) is 54.5 Å². The molecule has 0 spiro atoms. The molecular formula is C22H32N4O2. The molecule has 2 unspecified atom stereocenters. The Kier molecular flexibility index (Phi) is 7.20. The molecule has 28 heavy (non-hydrogen) atoms. The molecule has 0 saturated carbocycles. The number of ketones is 1. The molecular weight excluding hydrogens is 352 g/mol. The van der Waals surface area contributed by atoms with E-state index in [1.165, 1.54) is 25.9 Å². The van der Waals surface area contributed by atoms with Crippen molar-refractivity contribution >= 4 is 23.1 Å². The van der Waals surface area contributed by atoms with Crippen LogP contribution in [0.3, 0.4) is 0 Å². The van der Waals surface area contributed by atoms with Gasteiger partial charge >= 0.3 is 0 Å². The number of hydrogen-bond donors (Lipinski definition) is 1. The van der Waals surface area contributed by atoms with Gasteiger partial charge in [-0.1, -0.05) is 25.1 Å². The minimum Gasteiger partial charge on any atom is -0.351 e. The van der Waals surface area contributed by atoms with Crippen molar-refractivity contribution in [3.05, 3.63) is 30.3 Å². The molecule has 2 aliphatic rings. The van der Waals surface area contributed by atoms with Gasteiger partial charge in [-0.3, -0.25) is 14.6 Å². The molecule has 0 bridgehead atoms. The third-order valence-corrected chi connectivity index (χ3v) is 5.59. The van der Waals surface area contributed by atoms with E-state index >= 15 is 0 Å². The number of rotatable bonds is 8. The van der Waals surface area contributed by atoms with Crippen LogP contribution >= 0.6 is 0 Å². The molecule has 1 N–H and O–H groups in total. The monoisotopic (exact) mass is 384 g/mol. The van der Waals surface area contributed by atoms with Gasteiger partial charge in [0.2, 0.25) is 0 Å². The first-order chi connectivity index (χ1) is 13.5. The molecule has 1 amide bonds. The molecule has 1 fully saturated rings. The molecule has 0 aromatic heterocycles. The highest BCUT2D eigenvalue weighted by molar-refractivity contribution is 6.40. The van der Waals surface area contributed by atoms with E-state index in [1.807, 2.05) is 30.3 Å². The predicted octanol–water partition coefficient (Wildman–Crippen LogP) is 2.84. The van der Waals surface area contributed by atoms with Gasteiger partial charge in [0.25, 0.3) is 5.91 Å². The van der Waals surface area contributed by atoms with Crippen LogP contribution in [0.4, 0.5) is 5.69 Å². The van der Waals surface area contributed by atoms with E-state index in [0.29, 0.717) is 18.7 Å². The second kappa shape index (κ2) is 9.82. The zero-order valence-corrected chi connectivity index (χ0v) is 17.1. The van der Waals surface area contributed by atoms with Crippen molar-refractivity contribution in [3.63, 3.8) is 0 Å². The Balaban J connectivity index is 1.45. The molecule has 1 aromatic carbocycles. The van der Waals surface area contributed by atoms with Gasteiger partial charge in [-0.25, -0.2) is 0 Å². The maximum Gasteiger partial charge on any atom is 0.267 e. The van der Waals surface area contributed by atoms with Crippen molar-refractivity contribution in [3.8, 4) is 0 Å². The van der Waals surface area contributed by atoms with Crippen LogP contribution in [0.2, 0.25) is 0 Å². The number of Topliss-reactive ketones (excluding diaryl/α,β-unsaturated/α-hetero) is 1. The van der Waals surface area contributed by atoms with Gasteiger partial charge in [0, 0.05) is 19.5 Å². The summed E-state index contributed by atoms with van der Waals surface area (Å²) in [6.45, 7) is 8.03. The average molecular weight is 385 g/mol. The summed E-state index contributed by atoms with van der Waals surface area (Å²) >= 11 is 0. The largest absolute Gasteiger partial charge is 0.351 e. The van der Waals surface area contributed by atoms with Crippen molar-refractivity contribution in [1.29, 1.82) is 0 Å². The maximum atomic E-state index is 12.5. The number of unbranched alkanes of at least 4 members (excludes halogenated alkanes) is 1. The molecule has 1 saturated heterocycles. The molecule has 6 heteroatoms. The summed E-state index contributed by atoms with van der Waals surface area (Å²) in [5.41, 5.74) is 1.27. The smallest absolute Gasteiger partial charge is 0.267 e. The quantitative estimate of drug-likeness (QED) is 0.700.